The number of nitrogens with zero attached hydrogens (tertiary/aromatic N) is 1. The van der Waals surface area contributed by atoms with Gasteiger partial charge in [0.1, 0.15) is 4.83 Å². The molecule has 8 heteroatoms. The van der Waals surface area contributed by atoms with Gasteiger partial charge < -0.3 is 15.0 Å². The number of nitrogens with one attached hydrogen (secondary N) is 2. The number of thioether (sulfide) groups is 1. The first kappa shape index (κ1) is 24.5. The van der Waals surface area contributed by atoms with E-state index < -0.39 is 5.91 Å². The molecule has 2 heterocycles. The molecular weight excluding hydrogens is 454 g/mol. The Bertz CT molecular complexity index is 1220. The SMILES string of the molecule is C=C(/C=C\C=C(/CC)OC)CNC(=O)c1nc2scc(CSCc3ccccc3)c2c(=O)[nH]1. The molecule has 0 unspecified atom stereocenters. The molecule has 0 aliphatic carbocycles. The van der Waals surface area contributed by atoms with Crippen molar-refractivity contribution in [3.8, 4) is 0 Å². The number of amides is 1. The highest BCUT2D eigenvalue weighted by molar-refractivity contribution is 7.97. The Morgan fingerprint density at radius 3 is 2.82 bits per heavy atom. The summed E-state index contributed by atoms with van der Waals surface area (Å²) >= 11 is 3.12. The first-order valence-electron chi connectivity index (χ1n) is 10.5. The van der Waals surface area contributed by atoms with Gasteiger partial charge in [0.15, 0.2) is 0 Å². The second-order valence-electron chi connectivity index (χ2n) is 7.22. The maximum absolute atomic E-state index is 12.7. The minimum atomic E-state index is -0.446. The van der Waals surface area contributed by atoms with Crippen LogP contribution in [0, 0.1) is 0 Å². The lowest BCUT2D eigenvalue weighted by atomic mass is 10.2. The summed E-state index contributed by atoms with van der Waals surface area (Å²) in [6.45, 7) is 6.17. The third-order valence-electron chi connectivity index (χ3n) is 4.81. The molecule has 0 aliphatic heterocycles. The number of hydrogen-bond acceptors (Lipinski definition) is 6. The van der Waals surface area contributed by atoms with Crippen LogP contribution < -0.4 is 10.9 Å². The van der Waals surface area contributed by atoms with Crippen molar-refractivity contribution in [3.05, 3.63) is 99.2 Å². The van der Waals surface area contributed by atoms with Gasteiger partial charge in [-0.3, -0.25) is 9.59 Å². The molecule has 2 N–H and O–H groups in total. The van der Waals surface area contributed by atoms with Gasteiger partial charge in [-0.2, -0.15) is 11.8 Å². The van der Waals surface area contributed by atoms with Gasteiger partial charge in [0.05, 0.1) is 18.3 Å². The molecule has 0 saturated carbocycles. The zero-order valence-electron chi connectivity index (χ0n) is 18.7. The monoisotopic (exact) mass is 481 g/mol. The smallest absolute Gasteiger partial charge is 0.287 e. The predicted molar refractivity (Wildman–Crippen MR) is 138 cm³/mol. The van der Waals surface area contributed by atoms with E-state index in [1.54, 1.807) is 24.9 Å². The molecule has 0 radical (unpaired) electrons. The van der Waals surface area contributed by atoms with Gasteiger partial charge in [-0.05, 0) is 28.2 Å². The quantitative estimate of drug-likeness (QED) is 0.290. The Balaban J connectivity index is 1.60. The van der Waals surface area contributed by atoms with Crippen molar-refractivity contribution in [3.63, 3.8) is 0 Å². The maximum Gasteiger partial charge on any atom is 0.287 e. The van der Waals surface area contributed by atoms with Crippen LogP contribution in [0.2, 0.25) is 0 Å². The molecule has 6 nitrogen and oxygen atoms in total. The Morgan fingerprint density at radius 2 is 2.09 bits per heavy atom. The van der Waals surface area contributed by atoms with Crippen LogP contribution in [-0.2, 0) is 16.2 Å². The zero-order chi connectivity index (χ0) is 23.6. The highest BCUT2D eigenvalue weighted by Crippen LogP contribution is 2.26. The maximum atomic E-state index is 12.7. The van der Waals surface area contributed by atoms with Crippen LogP contribution in [0.3, 0.4) is 0 Å². The summed E-state index contributed by atoms with van der Waals surface area (Å²) in [7, 11) is 1.63. The summed E-state index contributed by atoms with van der Waals surface area (Å²) in [5, 5.41) is 5.24. The van der Waals surface area contributed by atoms with E-state index in [0.29, 0.717) is 21.5 Å². The fourth-order valence-corrected chi connectivity index (χ4v) is 5.06. The van der Waals surface area contributed by atoms with E-state index in [4.69, 9.17) is 4.74 Å². The molecule has 172 valence electrons. The van der Waals surface area contributed by atoms with Crippen molar-refractivity contribution in [1.29, 1.82) is 0 Å². The second-order valence-corrected chi connectivity index (χ2v) is 9.07. The molecule has 0 bridgehead atoms. The van der Waals surface area contributed by atoms with E-state index in [2.05, 4.69) is 34.0 Å². The topological polar surface area (TPSA) is 84.1 Å². The van der Waals surface area contributed by atoms with Crippen LogP contribution in [0.1, 0.15) is 35.1 Å². The largest absolute Gasteiger partial charge is 0.501 e. The van der Waals surface area contributed by atoms with Gasteiger partial charge in [0, 0.05) is 24.5 Å². The lowest BCUT2D eigenvalue weighted by Crippen LogP contribution is -2.29. The summed E-state index contributed by atoms with van der Waals surface area (Å²) in [6, 6.07) is 10.2. The number of benzene rings is 1. The standard InChI is InChI=1S/C25H27N3O3S2/c1-4-20(31-3)12-8-9-17(2)13-26-24(30)22-27-23(29)21-19(16-33-25(21)28-22)15-32-14-18-10-6-5-7-11-18/h5-12,16H,2,4,13-15H2,1,3H3,(H,26,30)(H,27,28,29)/b9-8-,20-12+. The summed E-state index contributed by atoms with van der Waals surface area (Å²) in [4.78, 5) is 32.8. The summed E-state index contributed by atoms with van der Waals surface area (Å²) in [6.07, 6.45) is 6.27. The number of H-pyrrole nitrogens is 1. The molecule has 0 aliphatic rings. The van der Waals surface area contributed by atoms with Crippen molar-refractivity contribution in [2.24, 2.45) is 0 Å². The molecule has 1 amide bonds. The third-order valence-corrected chi connectivity index (χ3v) is 6.78. The average Bonchev–Trinajstić information content (AvgIpc) is 3.24. The number of carbonyl (C=O) groups excluding carboxylic acids is 1. The van der Waals surface area contributed by atoms with Crippen LogP contribution >= 0.6 is 23.1 Å². The van der Waals surface area contributed by atoms with Crippen molar-refractivity contribution < 1.29 is 9.53 Å². The first-order chi connectivity index (χ1) is 16.0. The molecule has 2 aromatic heterocycles. The van der Waals surface area contributed by atoms with Crippen molar-refractivity contribution in [1.82, 2.24) is 15.3 Å². The lowest BCUT2D eigenvalue weighted by Gasteiger charge is -2.05. The number of aromatic nitrogens is 2. The first-order valence-corrected chi connectivity index (χ1v) is 12.5. The van der Waals surface area contributed by atoms with Crippen LogP contribution in [0.5, 0.6) is 0 Å². The zero-order valence-corrected chi connectivity index (χ0v) is 20.4. The molecule has 0 atom stereocenters. The van der Waals surface area contributed by atoms with Gasteiger partial charge in [-0.25, -0.2) is 4.98 Å². The van der Waals surface area contributed by atoms with Gasteiger partial charge in [0.2, 0.25) is 5.82 Å². The summed E-state index contributed by atoms with van der Waals surface area (Å²) < 4.78 is 5.20. The van der Waals surface area contributed by atoms with E-state index in [0.717, 1.165) is 23.5 Å². The second kappa shape index (κ2) is 12.2. The number of carbonyl (C=O) groups is 1. The van der Waals surface area contributed by atoms with E-state index in [1.807, 2.05) is 42.7 Å². The minimum Gasteiger partial charge on any atom is -0.501 e. The molecule has 3 aromatic rings. The van der Waals surface area contributed by atoms with Gasteiger partial charge in [0.25, 0.3) is 11.5 Å². The van der Waals surface area contributed by atoms with Crippen molar-refractivity contribution in [2.45, 2.75) is 24.9 Å². The van der Waals surface area contributed by atoms with E-state index >= 15 is 0 Å². The number of thiophene rings is 1. The average molecular weight is 482 g/mol. The fourth-order valence-electron chi connectivity index (χ4n) is 3.03. The van der Waals surface area contributed by atoms with Gasteiger partial charge in [-0.15, -0.1) is 11.3 Å². The summed E-state index contributed by atoms with van der Waals surface area (Å²) in [5.41, 5.74) is 2.59. The van der Waals surface area contributed by atoms with E-state index in [1.165, 1.54) is 16.9 Å². The predicted octanol–water partition coefficient (Wildman–Crippen LogP) is 5.20. The Morgan fingerprint density at radius 1 is 1.30 bits per heavy atom. The normalized spacial score (nSPS) is 11.8. The number of allylic oxidation sites excluding steroid dienone is 3. The molecule has 1 aromatic carbocycles. The number of ether oxygens (including phenoxy) is 1. The number of hydrogen-bond donors (Lipinski definition) is 2. The molecule has 0 saturated heterocycles. The molecule has 33 heavy (non-hydrogen) atoms. The highest BCUT2D eigenvalue weighted by atomic mass is 32.2. The Kier molecular flexibility index (Phi) is 9.09. The van der Waals surface area contributed by atoms with Crippen molar-refractivity contribution >= 4 is 39.2 Å². The Labute approximate surface area is 201 Å². The van der Waals surface area contributed by atoms with Gasteiger partial charge in [-0.1, -0.05) is 56.0 Å². The number of rotatable bonds is 11. The fraction of sp³-hybridized carbons (Fsp3) is 0.240. The number of methoxy groups -OCH3 is 1. The molecule has 0 fully saturated rings. The third kappa shape index (κ3) is 6.94. The molecule has 3 rings (SSSR count). The summed E-state index contributed by atoms with van der Waals surface area (Å²) in [5.74, 6) is 1.98. The van der Waals surface area contributed by atoms with E-state index in [-0.39, 0.29) is 17.9 Å². The van der Waals surface area contributed by atoms with E-state index in [9.17, 15) is 9.59 Å². The molecular formula is C25H27N3O3S2. The Hall–Kier alpha value is -3.10. The van der Waals surface area contributed by atoms with Crippen LogP contribution in [0.4, 0.5) is 0 Å². The number of fused-ring (bicyclic) bond motifs is 1. The molecule has 0 spiro atoms. The minimum absolute atomic E-state index is 0.00201. The van der Waals surface area contributed by atoms with Crippen LogP contribution in [-0.4, -0.2) is 29.5 Å². The number of aromatic amines is 1. The van der Waals surface area contributed by atoms with Crippen LogP contribution in [0.25, 0.3) is 10.2 Å². The van der Waals surface area contributed by atoms with Crippen LogP contribution in [0.15, 0.2) is 76.6 Å². The van der Waals surface area contributed by atoms with Crippen molar-refractivity contribution in [2.75, 3.05) is 13.7 Å². The highest BCUT2D eigenvalue weighted by Gasteiger charge is 2.15. The lowest BCUT2D eigenvalue weighted by molar-refractivity contribution is 0.0947. The van der Waals surface area contributed by atoms with Gasteiger partial charge >= 0.3 is 0 Å².